The fraction of sp³-hybridized carbons (Fsp3) is 0. The number of nitrogens with zero attached hydrogens (tertiary/aromatic N) is 3. The van der Waals surface area contributed by atoms with E-state index < -0.39 is 0 Å². The molecule has 12 rings (SSSR count). The van der Waals surface area contributed by atoms with Crippen LogP contribution in [0.15, 0.2) is 229 Å². The summed E-state index contributed by atoms with van der Waals surface area (Å²) in [5, 5.41) is 6.78. The molecule has 0 atom stereocenters. The van der Waals surface area contributed by atoms with Crippen molar-refractivity contribution in [2.75, 3.05) is 0 Å². The molecule has 0 aliphatic carbocycles. The molecule has 63 heavy (non-hydrogen) atoms. The summed E-state index contributed by atoms with van der Waals surface area (Å²) in [4.78, 5) is 15.6. The number of fused-ring (bicyclic) bond motifs is 5. The summed E-state index contributed by atoms with van der Waals surface area (Å²) in [6, 6.07) is 78.7. The molecule has 0 N–H and O–H groups in total. The summed E-state index contributed by atoms with van der Waals surface area (Å²) in [6.07, 6.45) is 0. The van der Waals surface area contributed by atoms with Gasteiger partial charge in [-0.1, -0.05) is 212 Å². The zero-order valence-electron chi connectivity index (χ0n) is 34.1. The average molecular weight is 804 g/mol. The number of para-hydroxylation sites is 1. The molecule has 294 valence electrons. The highest BCUT2D eigenvalue weighted by molar-refractivity contribution is 6.17. The van der Waals surface area contributed by atoms with Gasteiger partial charge in [0.25, 0.3) is 0 Å². The third-order valence-electron chi connectivity index (χ3n) is 12.2. The van der Waals surface area contributed by atoms with Gasteiger partial charge in [0.1, 0.15) is 11.2 Å². The van der Waals surface area contributed by atoms with Crippen LogP contribution in [0.3, 0.4) is 0 Å². The van der Waals surface area contributed by atoms with E-state index in [0.717, 1.165) is 72.0 Å². The van der Waals surface area contributed by atoms with Crippen LogP contribution < -0.4 is 0 Å². The molecular formula is C59H37N3O. The predicted octanol–water partition coefficient (Wildman–Crippen LogP) is 15.7. The van der Waals surface area contributed by atoms with Gasteiger partial charge in [0.2, 0.25) is 0 Å². The van der Waals surface area contributed by atoms with Gasteiger partial charge < -0.3 is 4.42 Å². The van der Waals surface area contributed by atoms with E-state index in [1.54, 1.807) is 0 Å². The minimum atomic E-state index is 0.581. The number of benzene rings is 10. The first-order valence-electron chi connectivity index (χ1n) is 21.3. The second kappa shape index (κ2) is 15.2. The number of hydrogen-bond donors (Lipinski definition) is 0. The van der Waals surface area contributed by atoms with E-state index in [1.165, 1.54) is 32.7 Å². The van der Waals surface area contributed by atoms with Crippen LogP contribution in [0.25, 0.3) is 122 Å². The Bertz CT molecular complexity index is 3650. The summed E-state index contributed by atoms with van der Waals surface area (Å²) < 4.78 is 6.86. The normalized spacial score (nSPS) is 11.5. The van der Waals surface area contributed by atoms with Crippen molar-refractivity contribution in [1.29, 1.82) is 0 Å². The minimum Gasteiger partial charge on any atom is -0.455 e. The molecule has 0 bridgehead atoms. The molecule has 0 fully saturated rings. The van der Waals surface area contributed by atoms with Crippen molar-refractivity contribution in [3.8, 4) is 78.7 Å². The van der Waals surface area contributed by atoms with Crippen molar-refractivity contribution < 1.29 is 4.42 Å². The quantitative estimate of drug-likeness (QED) is 0.161. The number of aromatic nitrogens is 3. The summed E-state index contributed by atoms with van der Waals surface area (Å²) in [5.74, 6) is 1.78. The van der Waals surface area contributed by atoms with Crippen molar-refractivity contribution in [3.63, 3.8) is 0 Å². The first-order valence-corrected chi connectivity index (χ1v) is 21.3. The lowest BCUT2D eigenvalue weighted by Gasteiger charge is -2.12. The van der Waals surface area contributed by atoms with Crippen molar-refractivity contribution in [2.45, 2.75) is 0 Å². The van der Waals surface area contributed by atoms with Crippen LogP contribution in [-0.2, 0) is 0 Å². The Hall–Kier alpha value is -8.47. The molecule has 12 aromatic rings. The smallest absolute Gasteiger partial charge is 0.164 e. The highest BCUT2D eigenvalue weighted by atomic mass is 16.3. The maximum atomic E-state index is 6.86. The van der Waals surface area contributed by atoms with Crippen molar-refractivity contribution in [1.82, 2.24) is 15.0 Å². The average Bonchev–Trinajstić information content (AvgIpc) is 3.76. The van der Waals surface area contributed by atoms with Crippen LogP contribution in [-0.4, -0.2) is 15.0 Å². The van der Waals surface area contributed by atoms with E-state index >= 15 is 0 Å². The second-order valence-electron chi connectivity index (χ2n) is 15.9. The molecule has 4 heteroatoms. The van der Waals surface area contributed by atoms with E-state index in [9.17, 15) is 0 Å². The van der Waals surface area contributed by atoms with Gasteiger partial charge in [0.15, 0.2) is 17.5 Å². The molecule has 0 amide bonds. The minimum absolute atomic E-state index is 0.581. The Morgan fingerprint density at radius 3 is 1.48 bits per heavy atom. The first-order chi connectivity index (χ1) is 31.2. The Morgan fingerprint density at radius 1 is 0.270 bits per heavy atom. The molecule has 10 aromatic carbocycles. The van der Waals surface area contributed by atoms with Crippen LogP contribution in [0.1, 0.15) is 0 Å². The molecule has 0 aliphatic rings. The predicted molar refractivity (Wildman–Crippen MR) is 260 cm³/mol. The van der Waals surface area contributed by atoms with Crippen molar-refractivity contribution in [2.24, 2.45) is 0 Å². The Morgan fingerprint density at radius 2 is 0.762 bits per heavy atom. The zero-order valence-corrected chi connectivity index (χ0v) is 34.1. The highest BCUT2D eigenvalue weighted by Gasteiger charge is 2.21. The molecule has 0 radical (unpaired) electrons. The lowest BCUT2D eigenvalue weighted by molar-refractivity contribution is 0.670. The van der Waals surface area contributed by atoms with Crippen molar-refractivity contribution >= 4 is 43.5 Å². The Labute approximate surface area is 364 Å². The second-order valence-corrected chi connectivity index (χ2v) is 15.9. The molecule has 0 aliphatic heterocycles. The maximum Gasteiger partial charge on any atom is 0.164 e. The SMILES string of the molecule is c1ccc(-c2ccc(-c3nc(-c4ccc(-c5ccc6ccccc6c5)cc4)nc(-c4cccc5oc6c(-c7ccc(-c8ccccc8)c8ccccc78)cccc6c45)n3)cc2)cc1. The van der Waals surface area contributed by atoms with Crippen molar-refractivity contribution in [3.05, 3.63) is 224 Å². The molecule has 0 unspecified atom stereocenters. The summed E-state index contributed by atoms with van der Waals surface area (Å²) >= 11 is 0. The molecule has 2 aromatic heterocycles. The standard InChI is InChI=1S/C59H37N3O/c1-3-13-38(14-4-1)40-25-30-43(31-26-40)57-60-58(44-32-27-41(28-33-44)46-34-29-39-15-7-8-18-45(39)37-46)62-59(61-57)53-23-12-24-54-55(53)52-22-11-21-51(56(52)63-54)50-36-35-47(42-16-5-2-6-17-42)48-19-9-10-20-49(48)50/h1-37H. The van der Waals surface area contributed by atoms with Gasteiger partial charge in [0, 0.05) is 33.0 Å². The van der Waals surface area contributed by atoms with Gasteiger partial charge in [0.05, 0.1) is 0 Å². The topological polar surface area (TPSA) is 51.8 Å². The number of hydrogen-bond acceptors (Lipinski definition) is 4. The molecule has 2 heterocycles. The van der Waals surface area contributed by atoms with Gasteiger partial charge >= 0.3 is 0 Å². The van der Waals surface area contributed by atoms with Gasteiger partial charge in [-0.3, -0.25) is 0 Å². The van der Waals surface area contributed by atoms with E-state index in [1.807, 2.05) is 18.2 Å². The third kappa shape index (κ3) is 6.53. The van der Waals surface area contributed by atoms with Gasteiger partial charge in [-0.25, -0.2) is 15.0 Å². The lowest BCUT2D eigenvalue weighted by atomic mass is 9.91. The highest BCUT2D eigenvalue weighted by Crippen LogP contribution is 2.43. The third-order valence-corrected chi connectivity index (χ3v) is 12.2. The molecule has 0 spiro atoms. The van der Waals surface area contributed by atoms with Crippen LogP contribution in [0.2, 0.25) is 0 Å². The van der Waals surface area contributed by atoms with E-state index in [-0.39, 0.29) is 0 Å². The van der Waals surface area contributed by atoms with Crippen LogP contribution in [0.4, 0.5) is 0 Å². The monoisotopic (exact) mass is 803 g/mol. The van der Waals surface area contributed by atoms with E-state index in [0.29, 0.717) is 17.5 Å². The molecule has 0 saturated heterocycles. The van der Waals surface area contributed by atoms with E-state index in [4.69, 9.17) is 19.4 Å². The Kier molecular flexibility index (Phi) is 8.79. The lowest BCUT2D eigenvalue weighted by Crippen LogP contribution is -2.00. The van der Waals surface area contributed by atoms with Crippen LogP contribution in [0, 0.1) is 0 Å². The fourth-order valence-electron chi connectivity index (χ4n) is 9.03. The van der Waals surface area contributed by atoms with Crippen LogP contribution in [0.5, 0.6) is 0 Å². The van der Waals surface area contributed by atoms with Gasteiger partial charge in [-0.2, -0.15) is 0 Å². The summed E-state index contributed by atoms with van der Waals surface area (Å²) in [7, 11) is 0. The number of furan rings is 1. The van der Waals surface area contributed by atoms with E-state index in [2.05, 4.69) is 206 Å². The van der Waals surface area contributed by atoms with Crippen LogP contribution >= 0.6 is 0 Å². The van der Waals surface area contributed by atoms with Gasteiger partial charge in [-0.05, 0) is 72.6 Å². The summed E-state index contributed by atoms with van der Waals surface area (Å²) in [6.45, 7) is 0. The first kappa shape index (κ1) is 36.4. The molecular weight excluding hydrogens is 767 g/mol. The zero-order chi connectivity index (χ0) is 41.7. The number of rotatable bonds is 7. The molecule has 0 saturated carbocycles. The molecule has 4 nitrogen and oxygen atoms in total. The maximum absolute atomic E-state index is 6.86. The van der Waals surface area contributed by atoms with Gasteiger partial charge in [-0.15, -0.1) is 0 Å². The largest absolute Gasteiger partial charge is 0.455 e. The fourth-order valence-corrected chi connectivity index (χ4v) is 9.03. The summed E-state index contributed by atoms with van der Waals surface area (Å²) in [5.41, 5.74) is 13.4. The Balaban J connectivity index is 1.00.